The van der Waals surface area contributed by atoms with Gasteiger partial charge in [-0.15, -0.1) is 11.8 Å². The summed E-state index contributed by atoms with van der Waals surface area (Å²) in [5.74, 6) is 0.423. The van der Waals surface area contributed by atoms with Crippen molar-refractivity contribution in [2.75, 3.05) is 11.1 Å². The lowest BCUT2D eigenvalue weighted by atomic mass is 10.1. The number of carbonyl (C=O) groups is 1. The van der Waals surface area contributed by atoms with Crippen LogP contribution in [0.5, 0.6) is 0 Å². The van der Waals surface area contributed by atoms with E-state index >= 15 is 0 Å². The smallest absolute Gasteiger partial charge is 0.234 e. The van der Waals surface area contributed by atoms with Crippen LogP contribution in [-0.2, 0) is 4.79 Å². The van der Waals surface area contributed by atoms with Crippen LogP contribution in [0.2, 0.25) is 0 Å². The van der Waals surface area contributed by atoms with Gasteiger partial charge in [0.1, 0.15) is 0 Å². The molecule has 2 nitrogen and oxygen atoms in total. The second-order valence-electron chi connectivity index (χ2n) is 4.71. The fourth-order valence-corrected chi connectivity index (χ4v) is 2.87. The maximum absolute atomic E-state index is 11.9. The second-order valence-corrected chi connectivity index (χ2v) is 5.76. The Labute approximate surface area is 128 Å². The minimum Gasteiger partial charge on any atom is -0.325 e. The number of hydrogen-bond acceptors (Lipinski definition) is 2. The summed E-state index contributed by atoms with van der Waals surface area (Å²) in [6.45, 7) is 0. The first-order valence-electron chi connectivity index (χ1n) is 6.78. The van der Waals surface area contributed by atoms with Crippen LogP contribution in [0.25, 0.3) is 10.8 Å². The molecule has 0 aliphatic heterocycles. The van der Waals surface area contributed by atoms with Crippen LogP contribution in [-0.4, -0.2) is 11.7 Å². The average Bonchev–Trinajstić information content (AvgIpc) is 2.54. The fraction of sp³-hybridized carbons (Fsp3) is 0.0556. The SMILES string of the molecule is O=C(CSc1ccc2ccccc2c1)Nc1ccccc1. The number of anilines is 1. The molecule has 0 spiro atoms. The Morgan fingerprint density at radius 1 is 0.857 bits per heavy atom. The van der Waals surface area contributed by atoms with E-state index in [1.54, 1.807) is 11.8 Å². The van der Waals surface area contributed by atoms with E-state index in [0.29, 0.717) is 5.75 Å². The first-order chi connectivity index (χ1) is 10.3. The van der Waals surface area contributed by atoms with Gasteiger partial charge < -0.3 is 5.32 Å². The van der Waals surface area contributed by atoms with Gasteiger partial charge in [-0.05, 0) is 35.0 Å². The van der Waals surface area contributed by atoms with Crippen molar-refractivity contribution in [3.05, 3.63) is 72.8 Å². The van der Waals surface area contributed by atoms with Gasteiger partial charge in [0.15, 0.2) is 0 Å². The molecule has 104 valence electrons. The van der Waals surface area contributed by atoms with Crippen molar-refractivity contribution in [2.45, 2.75) is 4.90 Å². The molecule has 0 aliphatic carbocycles. The molecule has 0 saturated heterocycles. The number of hydrogen-bond donors (Lipinski definition) is 1. The van der Waals surface area contributed by atoms with E-state index in [2.05, 4.69) is 35.6 Å². The van der Waals surface area contributed by atoms with Crippen molar-refractivity contribution < 1.29 is 4.79 Å². The number of amides is 1. The van der Waals surface area contributed by atoms with Gasteiger partial charge in [0, 0.05) is 10.6 Å². The van der Waals surface area contributed by atoms with E-state index in [-0.39, 0.29) is 5.91 Å². The van der Waals surface area contributed by atoms with Crippen LogP contribution in [0, 0.1) is 0 Å². The number of carbonyl (C=O) groups excluding carboxylic acids is 1. The zero-order chi connectivity index (χ0) is 14.5. The molecule has 0 unspecified atom stereocenters. The molecule has 0 radical (unpaired) electrons. The van der Waals surface area contributed by atoms with Crippen LogP contribution in [0.4, 0.5) is 5.69 Å². The highest BCUT2D eigenvalue weighted by molar-refractivity contribution is 8.00. The number of para-hydroxylation sites is 1. The standard InChI is InChI=1S/C18H15NOS/c20-18(19-16-8-2-1-3-9-16)13-21-17-11-10-14-6-4-5-7-15(14)12-17/h1-12H,13H2,(H,19,20). The molecule has 3 aromatic carbocycles. The van der Waals surface area contributed by atoms with Gasteiger partial charge >= 0.3 is 0 Å². The summed E-state index contributed by atoms with van der Waals surface area (Å²) in [6, 6.07) is 24.0. The molecule has 3 rings (SSSR count). The first kappa shape index (κ1) is 13.7. The first-order valence-corrected chi connectivity index (χ1v) is 7.76. The Balaban J connectivity index is 1.62. The number of thioether (sulfide) groups is 1. The highest BCUT2D eigenvalue weighted by atomic mass is 32.2. The van der Waals surface area contributed by atoms with E-state index < -0.39 is 0 Å². The van der Waals surface area contributed by atoms with Crippen LogP contribution in [0.15, 0.2) is 77.7 Å². The summed E-state index contributed by atoms with van der Waals surface area (Å²) in [5, 5.41) is 5.31. The number of benzene rings is 3. The van der Waals surface area contributed by atoms with E-state index in [1.807, 2.05) is 42.5 Å². The second kappa shape index (κ2) is 6.46. The van der Waals surface area contributed by atoms with Gasteiger partial charge in [-0.2, -0.15) is 0 Å². The van der Waals surface area contributed by atoms with Crippen molar-refractivity contribution in [3.63, 3.8) is 0 Å². The third-order valence-electron chi connectivity index (χ3n) is 3.15. The third-order valence-corrected chi connectivity index (χ3v) is 4.14. The van der Waals surface area contributed by atoms with E-state index in [9.17, 15) is 4.79 Å². The molecular weight excluding hydrogens is 278 g/mol. The quantitative estimate of drug-likeness (QED) is 0.714. The zero-order valence-corrected chi connectivity index (χ0v) is 12.3. The third kappa shape index (κ3) is 3.64. The lowest BCUT2D eigenvalue weighted by Gasteiger charge is -2.06. The number of nitrogens with one attached hydrogen (secondary N) is 1. The van der Waals surface area contributed by atoms with Crippen molar-refractivity contribution >= 4 is 34.1 Å². The molecule has 0 heterocycles. The van der Waals surface area contributed by atoms with Gasteiger partial charge in [0.25, 0.3) is 0 Å². The monoisotopic (exact) mass is 293 g/mol. The van der Waals surface area contributed by atoms with Crippen LogP contribution >= 0.6 is 11.8 Å². The summed E-state index contributed by atoms with van der Waals surface area (Å²) < 4.78 is 0. The van der Waals surface area contributed by atoms with Crippen molar-refractivity contribution in [1.29, 1.82) is 0 Å². The van der Waals surface area contributed by atoms with Crippen LogP contribution in [0.3, 0.4) is 0 Å². The highest BCUT2D eigenvalue weighted by Crippen LogP contribution is 2.23. The van der Waals surface area contributed by atoms with Crippen LogP contribution in [0.1, 0.15) is 0 Å². The van der Waals surface area contributed by atoms with E-state index in [0.717, 1.165) is 10.6 Å². The summed E-state index contributed by atoms with van der Waals surface area (Å²) in [7, 11) is 0. The maximum Gasteiger partial charge on any atom is 0.234 e. The lowest BCUT2D eigenvalue weighted by Crippen LogP contribution is -2.13. The Hall–Kier alpha value is -2.26. The summed E-state index contributed by atoms with van der Waals surface area (Å²) >= 11 is 1.55. The molecule has 0 aromatic heterocycles. The Morgan fingerprint density at radius 3 is 2.38 bits per heavy atom. The summed E-state index contributed by atoms with van der Waals surface area (Å²) in [4.78, 5) is 13.0. The van der Waals surface area contributed by atoms with Gasteiger partial charge in [-0.3, -0.25) is 4.79 Å². The molecule has 0 aliphatic rings. The molecule has 1 N–H and O–H groups in total. The van der Waals surface area contributed by atoms with E-state index in [4.69, 9.17) is 0 Å². The van der Waals surface area contributed by atoms with Crippen molar-refractivity contribution in [3.8, 4) is 0 Å². The predicted octanol–water partition coefficient (Wildman–Crippen LogP) is 4.57. The predicted molar refractivity (Wildman–Crippen MR) is 89.7 cm³/mol. The topological polar surface area (TPSA) is 29.1 Å². The largest absolute Gasteiger partial charge is 0.325 e. The molecule has 0 fully saturated rings. The van der Waals surface area contributed by atoms with Gasteiger partial charge in [0.2, 0.25) is 5.91 Å². The lowest BCUT2D eigenvalue weighted by molar-refractivity contribution is -0.113. The maximum atomic E-state index is 11.9. The zero-order valence-electron chi connectivity index (χ0n) is 11.5. The van der Waals surface area contributed by atoms with Crippen molar-refractivity contribution in [2.24, 2.45) is 0 Å². The summed E-state index contributed by atoms with van der Waals surface area (Å²) in [5.41, 5.74) is 0.835. The Kier molecular flexibility index (Phi) is 4.22. The minimum atomic E-state index is 0.0133. The molecular formula is C18H15NOS. The number of rotatable bonds is 4. The molecule has 0 bridgehead atoms. The fourth-order valence-electron chi connectivity index (χ4n) is 2.12. The molecule has 3 aromatic rings. The Bertz CT molecular complexity index is 755. The highest BCUT2D eigenvalue weighted by Gasteiger charge is 2.04. The van der Waals surface area contributed by atoms with Gasteiger partial charge in [-0.25, -0.2) is 0 Å². The van der Waals surface area contributed by atoms with Gasteiger partial charge in [0.05, 0.1) is 5.75 Å². The number of fused-ring (bicyclic) bond motifs is 1. The average molecular weight is 293 g/mol. The summed E-state index contributed by atoms with van der Waals surface area (Å²) in [6.07, 6.45) is 0. The van der Waals surface area contributed by atoms with Crippen molar-refractivity contribution in [1.82, 2.24) is 0 Å². The van der Waals surface area contributed by atoms with E-state index in [1.165, 1.54) is 10.8 Å². The molecule has 21 heavy (non-hydrogen) atoms. The van der Waals surface area contributed by atoms with Gasteiger partial charge in [-0.1, -0.05) is 48.5 Å². The molecule has 0 atom stereocenters. The molecule has 0 saturated carbocycles. The molecule has 3 heteroatoms. The minimum absolute atomic E-state index is 0.0133. The normalized spacial score (nSPS) is 10.5. The van der Waals surface area contributed by atoms with Crippen LogP contribution < -0.4 is 5.32 Å². The Morgan fingerprint density at radius 2 is 1.57 bits per heavy atom. The molecule has 1 amide bonds.